The smallest absolute Gasteiger partial charge is 0.348 e. The first-order valence-electron chi connectivity index (χ1n) is 8.21. The van der Waals surface area contributed by atoms with Crippen LogP contribution in [-0.4, -0.2) is 35.3 Å². The van der Waals surface area contributed by atoms with Crippen molar-refractivity contribution in [3.63, 3.8) is 0 Å². The Morgan fingerprint density at radius 3 is 2.82 bits per heavy atom. The summed E-state index contributed by atoms with van der Waals surface area (Å²) < 4.78 is 8.85. The lowest BCUT2D eigenvalue weighted by atomic mass is 10.2. The zero-order chi connectivity index (χ0) is 19.7. The van der Waals surface area contributed by atoms with E-state index >= 15 is 0 Å². The van der Waals surface area contributed by atoms with Crippen LogP contribution in [0, 0.1) is 18.3 Å². The van der Waals surface area contributed by atoms with Gasteiger partial charge in [-0.2, -0.15) is 15.0 Å². The number of benzene rings is 1. The summed E-state index contributed by atoms with van der Waals surface area (Å²) >= 11 is 0. The Kier molecular flexibility index (Phi) is 4.17. The van der Waals surface area contributed by atoms with E-state index in [4.69, 9.17) is 10.00 Å². The molecule has 0 aliphatic rings. The molecule has 28 heavy (non-hydrogen) atoms. The maximum absolute atomic E-state index is 12.4. The molecule has 1 N–H and O–H groups in total. The number of pyridine rings is 1. The number of carbonyl (C=O) groups is 1. The average molecular weight is 374 g/mol. The summed E-state index contributed by atoms with van der Waals surface area (Å²) in [6, 6.07) is 6.64. The monoisotopic (exact) mass is 374 g/mol. The van der Waals surface area contributed by atoms with Gasteiger partial charge in [-0.15, -0.1) is 0 Å². The van der Waals surface area contributed by atoms with Crippen molar-refractivity contribution < 1.29 is 9.53 Å². The van der Waals surface area contributed by atoms with Gasteiger partial charge in [0.1, 0.15) is 41.4 Å². The summed E-state index contributed by atoms with van der Waals surface area (Å²) in [7, 11) is 1.84. The molecule has 4 aromatic rings. The second kappa shape index (κ2) is 6.81. The van der Waals surface area contributed by atoms with Crippen LogP contribution in [0.3, 0.4) is 0 Å². The van der Waals surface area contributed by atoms with Crippen LogP contribution in [0.15, 0.2) is 43.4 Å². The molecule has 0 aliphatic heterocycles. The zero-order valence-electron chi connectivity index (χ0n) is 15.0. The highest BCUT2D eigenvalue weighted by molar-refractivity contribution is 6.00. The van der Waals surface area contributed by atoms with Gasteiger partial charge in [0.2, 0.25) is 0 Å². The van der Waals surface area contributed by atoms with Crippen LogP contribution in [0.25, 0.3) is 11.0 Å². The van der Waals surface area contributed by atoms with Gasteiger partial charge in [-0.3, -0.25) is 0 Å². The second-order valence-corrected chi connectivity index (χ2v) is 6.01. The van der Waals surface area contributed by atoms with Crippen LogP contribution >= 0.6 is 0 Å². The van der Waals surface area contributed by atoms with E-state index in [0.717, 1.165) is 15.8 Å². The minimum atomic E-state index is -0.474. The highest BCUT2D eigenvalue weighted by Gasteiger charge is 2.14. The molecule has 0 unspecified atom stereocenters. The summed E-state index contributed by atoms with van der Waals surface area (Å²) in [6.45, 7) is 1.83. The fourth-order valence-electron chi connectivity index (χ4n) is 2.68. The molecule has 10 nitrogen and oxygen atoms in total. The molecule has 0 atom stereocenters. The molecule has 0 saturated carbocycles. The number of aromatic nitrogens is 6. The predicted octanol–water partition coefficient (Wildman–Crippen LogP) is 2.61. The van der Waals surface area contributed by atoms with Crippen LogP contribution in [0.1, 0.15) is 11.3 Å². The van der Waals surface area contributed by atoms with Crippen LogP contribution in [-0.2, 0) is 7.05 Å². The van der Waals surface area contributed by atoms with E-state index in [1.165, 1.54) is 18.9 Å². The summed E-state index contributed by atoms with van der Waals surface area (Å²) in [4.78, 5) is 24.5. The number of amides is 1. The van der Waals surface area contributed by atoms with E-state index in [9.17, 15) is 4.79 Å². The fraction of sp³-hybridized carbons (Fsp3) is 0.111. The molecule has 0 fully saturated rings. The Labute approximate surface area is 159 Å². The first-order chi connectivity index (χ1) is 13.5. The average Bonchev–Trinajstić information content (AvgIpc) is 3.34. The van der Waals surface area contributed by atoms with Crippen molar-refractivity contribution in [2.75, 3.05) is 5.32 Å². The molecule has 10 heteroatoms. The van der Waals surface area contributed by atoms with Gasteiger partial charge in [-0.1, -0.05) is 0 Å². The molecule has 0 saturated heterocycles. The highest BCUT2D eigenvalue weighted by atomic mass is 16.5. The van der Waals surface area contributed by atoms with E-state index in [0.29, 0.717) is 28.4 Å². The molecule has 3 heterocycles. The van der Waals surface area contributed by atoms with Crippen molar-refractivity contribution in [1.29, 1.82) is 5.26 Å². The molecule has 0 aliphatic carbocycles. The molecule has 0 spiro atoms. The Morgan fingerprint density at radius 1 is 1.25 bits per heavy atom. The number of anilines is 1. The van der Waals surface area contributed by atoms with Crippen LogP contribution in [0.4, 0.5) is 10.5 Å². The topological polar surface area (TPSA) is 124 Å². The van der Waals surface area contributed by atoms with Crippen molar-refractivity contribution in [1.82, 2.24) is 29.3 Å². The maximum Gasteiger partial charge on any atom is 0.348 e. The number of nitrogens with zero attached hydrogens (tertiary/aromatic N) is 7. The summed E-state index contributed by atoms with van der Waals surface area (Å²) in [5.41, 5.74) is 2.93. The molecule has 1 aromatic carbocycles. The van der Waals surface area contributed by atoms with Gasteiger partial charge in [-0.05, 0) is 18.6 Å². The highest BCUT2D eigenvalue weighted by Crippen LogP contribution is 2.32. The molecular weight excluding hydrogens is 360 g/mol. The Hall–Kier alpha value is -4.26. The van der Waals surface area contributed by atoms with Crippen molar-refractivity contribution in [3.8, 4) is 17.6 Å². The number of rotatable bonds is 3. The lowest BCUT2D eigenvalue weighted by Gasteiger charge is -2.12. The Balaban J connectivity index is 1.72. The van der Waals surface area contributed by atoms with E-state index in [-0.39, 0.29) is 0 Å². The number of nitrogens with one attached hydrogen (secondary N) is 1. The molecule has 4 rings (SSSR count). The van der Waals surface area contributed by atoms with Crippen molar-refractivity contribution in [3.05, 3.63) is 54.6 Å². The van der Waals surface area contributed by atoms with Gasteiger partial charge < -0.3 is 14.6 Å². The lowest BCUT2D eigenvalue weighted by molar-refractivity contribution is 0.251. The van der Waals surface area contributed by atoms with Crippen LogP contribution in [0.2, 0.25) is 0 Å². The second-order valence-electron chi connectivity index (χ2n) is 6.01. The van der Waals surface area contributed by atoms with Crippen molar-refractivity contribution in [2.45, 2.75) is 6.92 Å². The number of aryl methyl sites for hydroxylation is 2. The number of hydrogen-bond donors (Lipinski definition) is 1. The zero-order valence-corrected chi connectivity index (χ0v) is 15.0. The maximum atomic E-state index is 12.4. The van der Waals surface area contributed by atoms with Crippen molar-refractivity contribution >= 4 is 22.8 Å². The third-order valence-electron chi connectivity index (χ3n) is 4.08. The Morgan fingerprint density at radius 2 is 2.11 bits per heavy atom. The summed E-state index contributed by atoms with van der Waals surface area (Å²) in [5, 5.41) is 15.5. The van der Waals surface area contributed by atoms with Gasteiger partial charge in [0.25, 0.3) is 0 Å². The predicted molar refractivity (Wildman–Crippen MR) is 98.9 cm³/mol. The first kappa shape index (κ1) is 17.2. The van der Waals surface area contributed by atoms with Crippen molar-refractivity contribution in [2.24, 2.45) is 7.05 Å². The van der Waals surface area contributed by atoms with Gasteiger partial charge >= 0.3 is 6.03 Å². The van der Waals surface area contributed by atoms with Gasteiger partial charge in [0.05, 0.1) is 23.7 Å². The van der Waals surface area contributed by atoms with Gasteiger partial charge in [-0.25, -0.2) is 19.7 Å². The van der Waals surface area contributed by atoms with Crippen LogP contribution < -0.4 is 10.1 Å². The number of fused-ring (bicyclic) bond motifs is 1. The van der Waals surface area contributed by atoms with E-state index in [1.54, 1.807) is 18.5 Å². The first-order valence-corrected chi connectivity index (χ1v) is 8.21. The van der Waals surface area contributed by atoms with Gasteiger partial charge in [0, 0.05) is 19.2 Å². The number of carbonyl (C=O) groups excluding carboxylic acids is 1. The van der Waals surface area contributed by atoms with E-state index in [1.807, 2.05) is 30.7 Å². The molecule has 0 bridgehead atoms. The largest absolute Gasteiger partial charge is 0.455 e. The Bertz CT molecular complexity index is 1220. The molecular formula is C18H14N8O2. The van der Waals surface area contributed by atoms with Gasteiger partial charge in [0.15, 0.2) is 0 Å². The molecule has 0 radical (unpaired) electrons. The minimum absolute atomic E-state index is 0.313. The number of hydrogen-bond acceptors (Lipinski definition) is 7. The quantitative estimate of drug-likeness (QED) is 0.584. The van der Waals surface area contributed by atoms with E-state index < -0.39 is 6.03 Å². The summed E-state index contributed by atoms with van der Waals surface area (Å²) in [6.07, 6.45) is 5.72. The standard InChI is InChI=1S/C18H14N8O2/c1-11-3-12(6-19)21-7-16(11)28-13-4-14(17-15(5-13)25(2)10-22-17)24-18(27)26-9-20-8-23-26/h3-5,7-10H,1-2H3,(H,24,27). The SMILES string of the molecule is Cc1cc(C#N)ncc1Oc1cc(NC(=O)n2cncn2)c2ncn(C)c2c1. The minimum Gasteiger partial charge on any atom is -0.455 e. The molecule has 138 valence electrons. The number of imidazole rings is 1. The molecule has 3 aromatic heterocycles. The lowest BCUT2D eigenvalue weighted by Crippen LogP contribution is -2.20. The summed E-state index contributed by atoms with van der Waals surface area (Å²) in [5.74, 6) is 0.994. The van der Waals surface area contributed by atoms with E-state index in [2.05, 4.69) is 25.4 Å². The third-order valence-corrected chi connectivity index (χ3v) is 4.08. The van der Waals surface area contributed by atoms with Crippen LogP contribution in [0.5, 0.6) is 11.5 Å². The molecule has 1 amide bonds. The normalized spacial score (nSPS) is 10.6. The third kappa shape index (κ3) is 3.12. The number of nitriles is 1. The fourth-order valence-corrected chi connectivity index (χ4v) is 2.68. The number of ether oxygens (including phenoxy) is 1.